The molecule has 1 aliphatic rings. The number of nitrogens with one attached hydrogen (secondary N) is 2. The Hall–Kier alpha value is -1.55. The monoisotopic (exact) mass is 336 g/mol. The van der Waals surface area contributed by atoms with Gasteiger partial charge in [0, 0.05) is 16.6 Å². The third-order valence-electron chi connectivity index (χ3n) is 4.59. The zero-order chi connectivity index (χ0) is 16.8. The van der Waals surface area contributed by atoms with Crippen LogP contribution in [-0.2, 0) is 4.79 Å². The quantitative estimate of drug-likeness (QED) is 0.834. The van der Waals surface area contributed by atoms with E-state index < -0.39 is 6.04 Å². The van der Waals surface area contributed by atoms with Gasteiger partial charge < -0.3 is 10.6 Å². The van der Waals surface area contributed by atoms with Gasteiger partial charge in [0.25, 0.3) is 5.91 Å². The Morgan fingerprint density at radius 2 is 1.83 bits per heavy atom. The first-order valence-electron chi connectivity index (χ1n) is 8.38. The molecule has 2 rings (SSSR count). The van der Waals surface area contributed by atoms with E-state index in [0.717, 1.165) is 32.1 Å². The molecular formula is C18H25ClN2O2. The molecule has 2 atom stereocenters. The summed E-state index contributed by atoms with van der Waals surface area (Å²) in [5.41, 5.74) is 0.511. The van der Waals surface area contributed by atoms with Crippen molar-refractivity contribution < 1.29 is 9.59 Å². The fraction of sp³-hybridized carbons (Fsp3) is 0.556. The summed E-state index contributed by atoms with van der Waals surface area (Å²) in [5.74, 6) is -0.241. The molecule has 23 heavy (non-hydrogen) atoms. The number of amides is 2. The first-order chi connectivity index (χ1) is 11.0. The Morgan fingerprint density at radius 3 is 2.39 bits per heavy atom. The summed E-state index contributed by atoms with van der Waals surface area (Å²) in [6.07, 6.45) is 5.21. The molecule has 0 aliphatic heterocycles. The molecule has 5 heteroatoms. The SMILES string of the molecule is CCC(C)C(NC(=O)c1ccc(Cl)cc1)C(=O)NC1CCCC1. The molecule has 1 aromatic carbocycles. The highest BCUT2D eigenvalue weighted by atomic mass is 35.5. The molecule has 4 nitrogen and oxygen atoms in total. The highest BCUT2D eigenvalue weighted by molar-refractivity contribution is 6.30. The van der Waals surface area contributed by atoms with Gasteiger partial charge in [-0.1, -0.05) is 44.7 Å². The highest BCUT2D eigenvalue weighted by Crippen LogP contribution is 2.19. The lowest BCUT2D eigenvalue weighted by atomic mass is 9.97. The van der Waals surface area contributed by atoms with Gasteiger partial charge in [0.05, 0.1) is 0 Å². The van der Waals surface area contributed by atoms with Gasteiger partial charge in [0.15, 0.2) is 0 Å². The van der Waals surface area contributed by atoms with Crippen LogP contribution in [0.2, 0.25) is 5.02 Å². The average Bonchev–Trinajstić information content (AvgIpc) is 3.05. The van der Waals surface area contributed by atoms with Crippen LogP contribution in [-0.4, -0.2) is 23.9 Å². The molecule has 1 fully saturated rings. The highest BCUT2D eigenvalue weighted by Gasteiger charge is 2.28. The van der Waals surface area contributed by atoms with E-state index in [1.807, 2.05) is 13.8 Å². The zero-order valence-electron chi connectivity index (χ0n) is 13.8. The minimum Gasteiger partial charge on any atom is -0.352 e. The van der Waals surface area contributed by atoms with Crippen molar-refractivity contribution in [2.45, 2.75) is 58.0 Å². The predicted molar refractivity (Wildman–Crippen MR) is 92.6 cm³/mol. The van der Waals surface area contributed by atoms with Crippen molar-refractivity contribution in [3.05, 3.63) is 34.9 Å². The second kappa shape index (κ2) is 8.34. The molecule has 1 aliphatic carbocycles. The number of halogens is 1. The van der Waals surface area contributed by atoms with E-state index in [-0.39, 0.29) is 23.8 Å². The van der Waals surface area contributed by atoms with Crippen molar-refractivity contribution in [2.75, 3.05) is 0 Å². The van der Waals surface area contributed by atoms with Gasteiger partial charge in [-0.25, -0.2) is 0 Å². The van der Waals surface area contributed by atoms with Crippen LogP contribution >= 0.6 is 11.6 Å². The summed E-state index contributed by atoms with van der Waals surface area (Å²) in [7, 11) is 0. The van der Waals surface area contributed by atoms with E-state index in [2.05, 4.69) is 10.6 Å². The van der Waals surface area contributed by atoms with Crippen molar-refractivity contribution >= 4 is 23.4 Å². The van der Waals surface area contributed by atoms with Crippen LogP contribution in [0.25, 0.3) is 0 Å². The average molecular weight is 337 g/mol. The summed E-state index contributed by atoms with van der Waals surface area (Å²) < 4.78 is 0. The van der Waals surface area contributed by atoms with E-state index in [1.54, 1.807) is 24.3 Å². The Morgan fingerprint density at radius 1 is 1.22 bits per heavy atom. The number of hydrogen-bond acceptors (Lipinski definition) is 2. The summed E-state index contributed by atoms with van der Waals surface area (Å²) in [4.78, 5) is 25.0. The Bertz CT molecular complexity index is 538. The smallest absolute Gasteiger partial charge is 0.251 e. The lowest BCUT2D eigenvalue weighted by molar-refractivity contribution is -0.124. The minimum absolute atomic E-state index is 0.0754. The van der Waals surface area contributed by atoms with E-state index >= 15 is 0 Å². The van der Waals surface area contributed by atoms with Crippen LogP contribution in [0.1, 0.15) is 56.3 Å². The summed E-state index contributed by atoms with van der Waals surface area (Å²) in [6, 6.07) is 6.42. The van der Waals surface area contributed by atoms with Gasteiger partial charge in [0.1, 0.15) is 6.04 Å². The van der Waals surface area contributed by atoms with Gasteiger partial charge in [-0.15, -0.1) is 0 Å². The van der Waals surface area contributed by atoms with Crippen molar-refractivity contribution in [1.82, 2.24) is 10.6 Å². The fourth-order valence-electron chi connectivity index (χ4n) is 2.89. The molecule has 0 saturated heterocycles. The van der Waals surface area contributed by atoms with Crippen molar-refractivity contribution in [3.63, 3.8) is 0 Å². The molecule has 0 heterocycles. The van der Waals surface area contributed by atoms with E-state index in [4.69, 9.17) is 11.6 Å². The summed E-state index contributed by atoms with van der Waals surface area (Å²) in [6.45, 7) is 4.01. The number of carbonyl (C=O) groups is 2. The van der Waals surface area contributed by atoms with Crippen molar-refractivity contribution in [3.8, 4) is 0 Å². The molecule has 126 valence electrons. The van der Waals surface area contributed by atoms with E-state index in [0.29, 0.717) is 10.6 Å². The Balaban J connectivity index is 2.03. The molecule has 2 amide bonds. The van der Waals surface area contributed by atoms with Crippen LogP contribution in [0.5, 0.6) is 0 Å². The van der Waals surface area contributed by atoms with Crippen LogP contribution in [0.4, 0.5) is 0 Å². The van der Waals surface area contributed by atoms with Crippen LogP contribution in [0, 0.1) is 5.92 Å². The first-order valence-corrected chi connectivity index (χ1v) is 8.76. The molecule has 2 unspecified atom stereocenters. The molecule has 0 aromatic heterocycles. The predicted octanol–water partition coefficient (Wildman–Crippen LogP) is 3.54. The topological polar surface area (TPSA) is 58.2 Å². The van der Waals surface area contributed by atoms with Crippen LogP contribution in [0.15, 0.2) is 24.3 Å². The fourth-order valence-corrected chi connectivity index (χ4v) is 3.01. The number of rotatable bonds is 6. The zero-order valence-corrected chi connectivity index (χ0v) is 14.5. The lowest BCUT2D eigenvalue weighted by Gasteiger charge is -2.25. The van der Waals surface area contributed by atoms with Gasteiger partial charge in [-0.2, -0.15) is 0 Å². The van der Waals surface area contributed by atoms with Gasteiger partial charge in [0.2, 0.25) is 5.91 Å². The Kier molecular flexibility index (Phi) is 6.46. The molecule has 0 spiro atoms. The second-order valence-electron chi connectivity index (χ2n) is 6.33. The maximum Gasteiger partial charge on any atom is 0.251 e. The molecule has 2 N–H and O–H groups in total. The van der Waals surface area contributed by atoms with Gasteiger partial charge in [-0.05, 0) is 43.0 Å². The maximum absolute atomic E-state index is 12.6. The Labute approximate surface area is 143 Å². The van der Waals surface area contributed by atoms with Gasteiger partial charge in [-0.3, -0.25) is 9.59 Å². The molecule has 0 bridgehead atoms. The van der Waals surface area contributed by atoms with Crippen molar-refractivity contribution in [1.29, 1.82) is 0 Å². The standard InChI is InChI=1S/C18H25ClN2O2/c1-3-12(2)16(18(23)20-15-6-4-5-7-15)21-17(22)13-8-10-14(19)11-9-13/h8-12,15-16H,3-7H2,1-2H3,(H,20,23)(H,21,22). The maximum atomic E-state index is 12.6. The minimum atomic E-state index is -0.510. The first kappa shape index (κ1) is 17.8. The molecule has 0 radical (unpaired) electrons. The van der Waals surface area contributed by atoms with Crippen LogP contribution in [0.3, 0.4) is 0 Å². The second-order valence-corrected chi connectivity index (χ2v) is 6.77. The number of benzene rings is 1. The lowest BCUT2D eigenvalue weighted by Crippen LogP contribution is -2.52. The third-order valence-corrected chi connectivity index (χ3v) is 4.84. The van der Waals surface area contributed by atoms with E-state index in [1.165, 1.54) is 0 Å². The molecular weight excluding hydrogens is 312 g/mol. The summed E-state index contributed by atoms with van der Waals surface area (Å²) >= 11 is 5.84. The third kappa shape index (κ3) is 4.96. The molecule has 1 aromatic rings. The molecule has 1 saturated carbocycles. The number of hydrogen-bond donors (Lipinski definition) is 2. The number of carbonyl (C=O) groups excluding carboxylic acids is 2. The van der Waals surface area contributed by atoms with Crippen molar-refractivity contribution in [2.24, 2.45) is 5.92 Å². The normalized spacial score (nSPS) is 17.5. The van der Waals surface area contributed by atoms with E-state index in [9.17, 15) is 9.59 Å². The largest absolute Gasteiger partial charge is 0.352 e. The van der Waals surface area contributed by atoms with Crippen LogP contribution < -0.4 is 10.6 Å². The summed E-state index contributed by atoms with van der Waals surface area (Å²) in [5, 5.41) is 6.55. The van der Waals surface area contributed by atoms with Gasteiger partial charge >= 0.3 is 0 Å².